The summed E-state index contributed by atoms with van der Waals surface area (Å²) in [6, 6.07) is 7.06. The molecule has 0 N–H and O–H groups in total. The Bertz CT molecular complexity index is 1020. The van der Waals surface area contributed by atoms with Crippen LogP contribution in [0.5, 0.6) is 0 Å². The van der Waals surface area contributed by atoms with Crippen molar-refractivity contribution in [3.05, 3.63) is 59.3 Å². The van der Waals surface area contributed by atoms with Crippen molar-refractivity contribution in [2.75, 3.05) is 25.4 Å². The third-order valence-electron chi connectivity index (χ3n) is 5.02. The van der Waals surface area contributed by atoms with Crippen LogP contribution in [0.15, 0.2) is 52.6 Å². The van der Waals surface area contributed by atoms with Crippen LogP contribution in [0.4, 0.5) is 0 Å². The van der Waals surface area contributed by atoms with E-state index in [2.05, 4.69) is 4.40 Å². The molecule has 1 fully saturated rings. The number of amidine groups is 1. The van der Waals surface area contributed by atoms with Gasteiger partial charge < -0.3 is 14.5 Å². The van der Waals surface area contributed by atoms with E-state index in [0.29, 0.717) is 17.0 Å². The van der Waals surface area contributed by atoms with Crippen LogP contribution >= 0.6 is 0 Å². The first kappa shape index (κ1) is 19.4. The zero-order chi connectivity index (χ0) is 20.4. The Labute approximate surface area is 169 Å². The van der Waals surface area contributed by atoms with Gasteiger partial charge in [-0.25, -0.2) is 13.2 Å². The van der Waals surface area contributed by atoms with Crippen LogP contribution in [0.3, 0.4) is 0 Å². The second-order valence-corrected chi connectivity index (χ2v) is 8.87. The lowest BCUT2D eigenvalue weighted by Gasteiger charge is -2.26. The van der Waals surface area contributed by atoms with Gasteiger partial charge in [0.05, 0.1) is 11.3 Å². The van der Waals surface area contributed by atoms with E-state index in [0.717, 1.165) is 31.5 Å². The molecule has 3 heterocycles. The third kappa shape index (κ3) is 4.40. The molecule has 3 aliphatic rings. The van der Waals surface area contributed by atoms with Crippen molar-refractivity contribution in [3.63, 3.8) is 0 Å². The molecule has 3 aliphatic heterocycles. The van der Waals surface area contributed by atoms with E-state index in [1.165, 1.54) is 12.2 Å². The molecular formula is C20H21N3O5S. The average molecular weight is 415 g/mol. The van der Waals surface area contributed by atoms with Gasteiger partial charge in [-0.15, -0.1) is 4.40 Å². The highest BCUT2D eigenvalue weighted by Gasteiger charge is 2.25. The molecule has 0 aliphatic carbocycles. The first-order valence-electron chi connectivity index (χ1n) is 9.46. The summed E-state index contributed by atoms with van der Waals surface area (Å²) in [6.45, 7) is 1.93. The smallest absolute Gasteiger partial charge is 0.339 e. The van der Waals surface area contributed by atoms with Crippen molar-refractivity contribution in [3.8, 4) is 0 Å². The molecule has 0 radical (unpaired) electrons. The highest BCUT2D eigenvalue weighted by atomic mass is 32.2. The molecule has 0 bridgehead atoms. The van der Waals surface area contributed by atoms with E-state index in [-0.39, 0.29) is 24.8 Å². The number of esters is 1. The van der Waals surface area contributed by atoms with Gasteiger partial charge in [-0.3, -0.25) is 4.79 Å². The standard InChI is InChI=1S/C20H21N3O5S/c24-19(22-9-1-2-10-22)16-5-3-15(4-6-16)14-28-20(25)17-7-8-18-21-29(26,27)12-11-23(18)13-17/h3-8,13H,1-2,9-12,14H2. The van der Waals surface area contributed by atoms with Crippen LogP contribution in [0.1, 0.15) is 28.8 Å². The van der Waals surface area contributed by atoms with Crippen molar-refractivity contribution in [1.82, 2.24) is 9.80 Å². The van der Waals surface area contributed by atoms with Gasteiger partial charge in [0.2, 0.25) is 0 Å². The minimum Gasteiger partial charge on any atom is -0.457 e. The summed E-state index contributed by atoms with van der Waals surface area (Å²) in [5.41, 5.74) is 1.74. The monoisotopic (exact) mass is 415 g/mol. The highest BCUT2D eigenvalue weighted by Crippen LogP contribution is 2.18. The number of fused-ring (bicyclic) bond motifs is 1. The van der Waals surface area contributed by atoms with E-state index < -0.39 is 16.0 Å². The molecule has 4 rings (SSSR count). The molecule has 1 amide bonds. The molecule has 0 spiro atoms. The van der Waals surface area contributed by atoms with Crippen LogP contribution in [-0.4, -0.2) is 61.3 Å². The number of amides is 1. The zero-order valence-corrected chi connectivity index (χ0v) is 16.6. The summed E-state index contributed by atoms with van der Waals surface area (Å²) < 4.78 is 32.1. The minimum absolute atomic E-state index is 0.0320. The molecule has 8 nitrogen and oxygen atoms in total. The van der Waals surface area contributed by atoms with Gasteiger partial charge in [0, 0.05) is 31.4 Å². The van der Waals surface area contributed by atoms with Gasteiger partial charge in [0.15, 0.2) is 0 Å². The van der Waals surface area contributed by atoms with Gasteiger partial charge in [-0.1, -0.05) is 12.1 Å². The number of benzene rings is 1. The van der Waals surface area contributed by atoms with E-state index in [1.807, 2.05) is 4.90 Å². The highest BCUT2D eigenvalue weighted by molar-refractivity contribution is 7.90. The Morgan fingerprint density at radius 1 is 1.03 bits per heavy atom. The first-order valence-corrected chi connectivity index (χ1v) is 11.1. The fourth-order valence-corrected chi connectivity index (χ4v) is 4.37. The van der Waals surface area contributed by atoms with Gasteiger partial charge in [0.1, 0.15) is 12.4 Å². The van der Waals surface area contributed by atoms with E-state index in [9.17, 15) is 18.0 Å². The van der Waals surface area contributed by atoms with Crippen LogP contribution in [-0.2, 0) is 26.2 Å². The molecule has 152 valence electrons. The molecule has 1 aromatic carbocycles. The predicted molar refractivity (Wildman–Crippen MR) is 107 cm³/mol. The molecule has 0 atom stereocenters. The van der Waals surface area contributed by atoms with Crippen molar-refractivity contribution in [2.24, 2.45) is 4.40 Å². The van der Waals surface area contributed by atoms with Crippen LogP contribution < -0.4 is 0 Å². The summed E-state index contributed by atoms with van der Waals surface area (Å²) in [4.78, 5) is 28.2. The average Bonchev–Trinajstić information content (AvgIpc) is 3.26. The lowest BCUT2D eigenvalue weighted by Crippen LogP contribution is -2.37. The van der Waals surface area contributed by atoms with Crippen molar-refractivity contribution >= 4 is 27.7 Å². The normalized spacial score (nSPS) is 20.0. The molecule has 29 heavy (non-hydrogen) atoms. The van der Waals surface area contributed by atoms with Crippen molar-refractivity contribution < 1.29 is 22.7 Å². The van der Waals surface area contributed by atoms with Crippen LogP contribution in [0, 0.1) is 0 Å². The van der Waals surface area contributed by atoms with Gasteiger partial charge in [0.25, 0.3) is 15.9 Å². The Hall–Kier alpha value is -2.94. The molecule has 0 unspecified atom stereocenters. The number of carbonyl (C=O) groups is 2. The summed E-state index contributed by atoms with van der Waals surface area (Å²) in [5.74, 6) is -0.271. The molecular weight excluding hydrogens is 394 g/mol. The van der Waals surface area contributed by atoms with Crippen molar-refractivity contribution in [1.29, 1.82) is 0 Å². The Morgan fingerprint density at radius 2 is 1.76 bits per heavy atom. The van der Waals surface area contributed by atoms with E-state index in [4.69, 9.17) is 4.74 Å². The number of carbonyl (C=O) groups excluding carboxylic acids is 2. The van der Waals surface area contributed by atoms with Crippen LogP contribution in [0.2, 0.25) is 0 Å². The van der Waals surface area contributed by atoms with Crippen LogP contribution in [0.25, 0.3) is 0 Å². The summed E-state index contributed by atoms with van der Waals surface area (Å²) in [6.07, 6.45) is 6.63. The second kappa shape index (κ2) is 7.82. The summed E-state index contributed by atoms with van der Waals surface area (Å²) in [5, 5.41) is 0. The lowest BCUT2D eigenvalue weighted by molar-refractivity contribution is -0.139. The summed E-state index contributed by atoms with van der Waals surface area (Å²) >= 11 is 0. The van der Waals surface area contributed by atoms with Gasteiger partial charge >= 0.3 is 5.97 Å². The van der Waals surface area contributed by atoms with Crippen molar-refractivity contribution in [2.45, 2.75) is 19.4 Å². The molecule has 1 saturated heterocycles. The maximum absolute atomic E-state index is 12.4. The lowest BCUT2D eigenvalue weighted by atomic mass is 10.1. The Kier molecular flexibility index (Phi) is 5.23. The van der Waals surface area contributed by atoms with E-state index >= 15 is 0 Å². The molecule has 1 aromatic rings. The number of hydrogen-bond acceptors (Lipinski definition) is 6. The molecule has 0 saturated carbocycles. The Morgan fingerprint density at radius 3 is 2.48 bits per heavy atom. The number of ether oxygens (including phenoxy) is 1. The second-order valence-electron chi connectivity index (χ2n) is 7.12. The number of rotatable bonds is 4. The quantitative estimate of drug-likeness (QED) is 0.691. The largest absolute Gasteiger partial charge is 0.457 e. The van der Waals surface area contributed by atoms with Gasteiger partial charge in [-0.2, -0.15) is 0 Å². The third-order valence-corrected chi connectivity index (χ3v) is 6.19. The van der Waals surface area contributed by atoms with Gasteiger partial charge in [-0.05, 0) is 42.7 Å². The topological polar surface area (TPSA) is 96.4 Å². The Balaban J connectivity index is 1.35. The molecule has 0 aromatic heterocycles. The summed E-state index contributed by atoms with van der Waals surface area (Å²) in [7, 11) is -3.43. The SMILES string of the molecule is O=C(OCc1ccc(C(=O)N2CCCC2)cc1)C1=CN2CCS(=O)(=O)N=C2C=C1. The predicted octanol–water partition coefficient (Wildman–Crippen LogP) is 1.46. The maximum Gasteiger partial charge on any atom is 0.339 e. The van der Waals surface area contributed by atoms with E-state index in [1.54, 1.807) is 35.4 Å². The number of sulfonamides is 1. The number of nitrogens with zero attached hydrogens (tertiary/aromatic N) is 3. The number of hydrogen-bond donors (Lipinski definition) is 0. The number of likely N-dealkylation sites (tertiary alicyclic amines) is 1. The first-order chi connectivity index (χ1) is 13.9. The maximum atomic E-state index is 12.4. The molecule has 9 heteroatoms. The fourth-order valence-electron chi connectivity index (χ4n) is 3.40. The minimum atomic E-state index is -3.43. The zero-order valence-electron chi connectivity index (χ0n) is 15.8. The fraction of sp³-hybridized carbons (Fsp3) is 0.350.